The van der Waals surface area contributed by atoms with E-state index < -0.39 is 5.54 Å². The van der Waals surface area contributed by atoms with Crippen molar-refractivity contribution in [3.05, 3.63) is 30.3 Å². The molecule has 3 rings (SSSR count). The van der Waals surface area contributed by atoms with E-state index in [1.807, 2.05) is 42.2 Å². The highest BCUT2D eigenvalue weighted by Gasteiger charge is 2.54. The Morgan fingerprint density at radius 1 is 0.970 bits per heavy atom. The summed E-state index contributed by atoms with van der Waals surface area (Å²) in [6.45, 7) is 6.25. The minimum absolute atomic E-state index is 0.000583. The molecule has 1 spiro atoms. The van der Waals surface area contributed by atoms with Crippen molar-refractivity contribution in [2.24, 2.45) is 0 Å². The second-order valence-electron chi connectivity index (χ2n) is 9.29. The number of benzene rings is 1. The molecule has 182 valence electrons. The summed E-state index contributed by atoms with van der Waals surface area (Å²) in [6.07, 6.45) is 8.78. The highest BCUT2D eigenvalue weighted by molar-refractivity contribution is 5.96. The number of anilines is 1. The predicted molar refractivity (Wildman–Crippen MR) is 131 cm³/mol. The van der Waals surface area contributed by atoms with Crippen LogP contribution < -0.4 is 10.2 Å². The molecule has 1 N–H and O–H groups in total. The smallest absolute Gasteiger partial charge is 0.250 e. The summed E-state index contributed by atoms with van der Waals surface area (Å²) in [5.41, 5.74) is 0.293. The molecule has 2 heterocycles. The fraction of sp³-hybridized carbons (Fsp3) is 0.654. The molecule has 0 saturated carbocycles. The first-order valence-corrected chi connectivity index (χ1v) is 12.7. The highest BCUT2D eigenvalue weighted by atomic mass is 16.2. The lowest BCUT2D eigenvalue weighted by Crippen LogP contribution is -2.57. The molecule has 3 amide bonds. The van der Waals surface area contributed by atoms with E-state index in [4.69, 9.17) is 0 Å². The first kappa shape index (κ1) is 25.1. The summed E-state index contributed by atoms with van der Waals surface area (Å²) >= 11 is 0. The Balaban J connectivity index is 1.63. The van der Waals surface area contributed by atoms with E-state index in [0.29, 0.717) is 45.6 Å². The van der Waals surface area contributed by atoms with Crippen LogP contribution in [0.3, 0.4) is 0 Å². The van der Waals surface area contributed by atoms with Gasteiger partial charge < -0.3 is 20.0 Å². The number of likely N-dealkylation sites (N-methyl/N-ethyl adjacent to an activating group) is 1. The lowest BCUT2D eigenvalue weighted by atomic mass is 9.85. The molecule has 0 atom stereocenters. The van der Waals surface area contributed by atoms with Gasteiger partial charge in [0.25, 0.3) is 5.91 Å². The Kier molecular flexibility index (Phi) is 9.15. The van der Waals surface area contributed by atoms with Crippen molar-refractivity contribution in [2.75, 3.05) is 37.7 Å². The van der Waals surface area contributed by atoms with Crippen molar-refractivity contribution in [1.29, 1.82) is 0 Å². The Morgan fingerprint density at radius 2 is 1.64 bits per heavy atom. The molecule has 0 radical (unpaired) electrons. The zero-order valence-electron chi connectivity index (χ0n) is 20.4. The largest absolute Gasteiger partial charge is 0.355 e. The number of likely N-dealkylation sites (tertiary alicyclic amines) is 1. The van der Waals surface area contributed by atoms with Gasteiger partial charge in [-0.3, -0.25) is 14.4 Å². The quantitative estimate of drug-likeness (QED) is 0.517. The van der Waals surface area contributed by atoms with E-state index in [9.17, 15) is 14.4 Å². The zero-order valence-corrected chi connectivity index (χ0v) is 20.4. The summed E-state index contributed by atoms with van der Waals surface area (Å²) in [7, 11) is 0. The number of amides is 3. The first-order chi connectivity index (χ1) is 16.0. The maximum absolute atomic E-state index is 13.6. The Morgan fingerprint density at radius 3 is 2.30 bits per heavy atom. The molecule has 1 aromatic rings. The third-order valence-electron chi connectivity index (χ3n) is 6.98. The van der Waals surface area contributed by atoms with E-state index in [0.717, 1.165) is 18.5 Å². The van der Waals surface area contributed by atoms with Crippen LogP contribution in [-0.4, -0.2) is 65.9 Å². The standard InChI is InChI=1S/C26H40N4O3/c1-3-5-6-7-8-12-15-24(32)28-18-16-26(17-19-28)25(33)29(20-23(31)27-4-2)21-30(26)22-13-10-9-11-14-22/h9-11,13-14H,3-8,12,15-21H2,1-2H3,(H,27,31). The Labute approximate surface area is 198 Å². The molecule has 2 saturated heterocycles. The van der Waals surface area contributed by atoms with Crippen molar-refractivity contribution >= 4 is 23.4 Å². The number of unbranched alkanes of at least 4 members (excludes halogenated alkanes) is 5. The first-order valence-electron chi connectivity index (χ1n) is 12.7. The summed E-state index contributed by atoms with van der Waals surface area (Å²) in [5.74, 6) is 0.0688. The van der Waals surface area contributed by atoms with Crippen LogP contribution >= 0.6 is 0 Å². The summed E-state index contributed by atoms with van der Waals surface area (Å²) in [6, 6.07) is 9.93. The third-order valence-corrected chi connectivity index (χ3v) is 6.98. The molecule has 0 aromatic heterocycles. The van der Waals surface area contributed by atoms with E-state index >= 15 is 0 Å². The van der Waals surface area contributed by atoms with Crippen LogP contribution in [0.15, 0.2) is 30.3 Å². The van der Waals surface area contributed by atoms with Crippen LogP contribution in [0.2, 0.25) is 0 Å². The van der Waals surface area contributed by atoms with Gasteiger partial charge in [0.1, 0.15) is 12.1 Å². The van der Waals surface area contributed by atoms with Gasteiger partial charge in [0.15, 0.2) is 0 Å². The van der Waals surface area contributed by atoms with E-state index in [1.165, 1.54) is 25.7 Å². The summed E-state index contributed by atoms with van der Waals surface area (Å²) < 4.78 is 0. The van der Waals surface area contributed by atoms with Crippen LogP contribution in [0, 0.1) is 0 Å². The number of nitrogens with zero attached hydrogens (tertiary/aromatic N) is 3. The maximum Gasteiger partial charge on any atom is 0.250 e. The van der Waals surface area contributed by atoms with Crippen LogP contribution in [0.4, 0.5) is 5.69 Å². The van der Waals surface area contributed by atoms with Gasteiger partial charge in [-0.05, 0) is 38.3 Å². The zero-order chi connectivity index (χ0) is 23.7. The monoisotopic (exact) mass is 456 g/mol. The van der Waals surface area contributed by atoms with Crippen molar-refractivity contribution in [3.63, 3.8) is 0 Å². The Hall–Kier alpha value is -2.57. The van der Waals surface area contributed by atoms with E-state index in [1.54, 1.807) is 4.90 Å². The van der Waals surface area contributed by atoms with Crippen LogP contribution in [-0.2, 0) is 14.4 Å². The number of piperidine rings is 1. The van der Waals surface area contributed by atoms with Gasteiger partial charge >= 0.3 is 0 Å². The highest BCUT2D eigenvalue weighted by Crippen LogP contribution is 2.39. The fourth-order valence-corrected chi connectivity index (χ4v) is 5.09. The minimum atomic E-state index is -0.690. The van der Waals surface area contributed by atoms with Crippen LogP contribution in [0.1, 0.15) is 71.6 Å². The van der Waals surface area contributed by atoms with Gasteiger partial charge in [0.2, 0.25) is 11.8 Å². The molecule has 0 aliphatic carbocycles. The van der Waals surface area contributed by atoms with Gasteiger partial charge in [-0.2, -0.15) is 0 Å². The number of hydrogen-bond acceptors (Lipinski definition) is 4. The molecule has 2 fully saturated rings. The summed E-state index contributed by atoms with van der Waals surface area (Å²) in [4.78, 5) is 44.3. The molecule has 0 bridgehead atoms. The third kappa shape index (κ3) is 6.06. The van der Waals surface area contributed by atoms with Crippen molar-refractivity contribution in [1.82, 2.24) is 15.1 Å². The molecule has 2 aliphatic rings. The summed E-state index contributed by atoms with van der Waals surface area (Å²) in [5, 5.41) is 2.79. The average Bonchev–Trinajstić information content (AvgIpc) is 3.08. The molecule has 7 nitrogen and oxygen atoms in total. The molecule has 2 aliphatic heterocycles. The molecular formula is C26H40N4O3. The lowest BCUT2D eigenvalue weighted by molar-refractivity contribution is -0.140. The van der Waals surface area contributed by atoms with E-state index in [2.05, 4.69) is 17.1 Å². The Bertz CT molecular complexity index is 790. The number of rotatable bonds is 11. The SMILES string of the molecule is CCCCCCCCC(=O)N1CCC2(CC1)C(=O)N(CC(=O)NCC)CN2c1ccccc1. The molecule has 0 unspecified atom stereocenters. The van der Waals surface area contributed by atoms with Gasteiger partial charge in [0, 0.05) is 31.7 Å². The van der Waals surface area contributed by atoms with Crippen LogP contribution in [0.25, 0.3) is 0 Å². The molecule has 1 aromatic carbocycles. The average molecular weight is 457 g/mol. The number of carbonyl (C=O) groups excluding carboxylic acids is 3. The molecule has 33 heavy (non-hydrogen) atoms. The molecule has 7 heteroatoms. The normalized spacial score (nSPS) is 17.6. The number of carbonyl (C=O) groups is 3. The second-order valence-corrected chi connectivity index (χ2v) is 9.29. The van der Waals surface area contributed by atoms with Gasteiger partial charge in [-0.25, -0.2) is 0 Å². The number of para-hydroxylation sites is 1. The van der Waals surface area contributed by atoms with Crippen LogP contribution in [0.5, 0.6) is 0 Å². The van der Waals surface area contributed by atoms with Crippen molar-refractivity contribution < 1.29 is 14.4 Å². The predicted octanol–water partition coefficient (Wildman–Crippen LogP) is 3.54. The van der Waals surface area contributed by atoms with Gasteiger partial charge in [-0.15, -0.1) is 0 Å². The van der Waals surface area contributed by atoms with Gasteiger partial charge in [0.05, 0.1) is 6.67 Å². The second kappa shape index (κ2) is 12.1. The minimum Gasteiger partial charge on any atom is -0.355 e. The fourth-order valence-electron chi connectivity index (χ4n) is 5.09. The van der Waals surface area contributed by atoms with Crippen molar-refractivity contribution in [2.45, 2.75) is 77.2 Å². The van der Waals surface area contributed by atoms with Crippen molar-refractivity contribution in [3.8, 4) is 0 Å². The topological polar surface area (TPSA) is 73.0 Å². The number of nitrogens with one attached hydrogen (secondary N) is 1. The lowest BCUT2D eigenvalue weighted by Gasteiger charge is -2.43. The number of hydrogen-bond donors (Lipinski definition) is 1. The molecular weight excluding hydrogens is 416 g/mol. The van der Waals surface area contributed by atoms with Gasteiger partial charge in [-0.1, -0.05) is 57.2 Å². The maximum atomic E-state index is 13.6. The van der Waals surface area contributed by atoms with E-state index in [-0.39, 0.29) is 24.3 Å².